The number of hydrogen-bond acceptors (Lipinski definition) is 5. The molecule has 142 valence electrons. The van der Waals surface area contributed by atoms with Crippen LogP contribution < -0.4 is 0 Å². The van der Waals surface area contributed by atoms with E-state index in [1.54, 1.807) is 10.4 Å². The fourth-order valence-corrected chi connectivity index (χ4v) is 5.25. The first-order chi connectivity index (χ1) is 12.9. The Bertz CT molecular complexity index is 1070. The van der Waals surface area contributed by atoms with Crippen molar-refractivity contribution in [1.82, 2.24) is 14.4 Å². The fraction of sp³-hybridized carbons (Fsp3) is 0.350. The van der Waals surface area contributed by atoms with Gasteiger partial charge in [0.2, 0.25) is 10.0 Å². The van der Waals surface area contributed by atoms with E-state index in [2.05, 4.69) is 10.1 Å². The van der Waals surface area contributed by atoms with Gasteiger partial charge in [0.15, 0.2) is 5.58 Å². The molecule has 2 heterocycles. The van der Waals surface area contributed by atoms with Gasteiger partial charge in [-0.2, -0.15) is 4.31 Å². The maximum Gasteiger partial charge on any atom is 0.243 e. The summed E-state index contributed by atoms with van der Waals surface area (Å²) in [7, 11) is -3.46. The van der Waals surface area contributed by atoms with Crippen LogP contribution in [0, 0.1) is 13.8 Å². The molecule has 0 bridgehead atoms. The largest absolute Gasteiger partial charge is 0.356 e. The lowest BCUT2D eigenvalue weighted by Crippen LogP contribution is -2.48. The first kappa shape index (κ1) is 18.2. The van der Waals surface area contributed by atoms with Crippen LogP contribution in [0.4, 0.5) is 0 Å². The average molecular weight is 385 g/mol. The Kier molecular flexibility index (Phi) is 4.75. The van der Waals surface area contributed by atoms with Gasteiger partial charge in [-0.15, -0.1) is 0 Å². The highest BCUT2D eigenvalue weighted by atomic mass is 32.2. The van der Waals surface area contributed by atoms with Crippen LogP contribution >= 0.6 is 0 Å². The second-order valence-electron chi connectivity index (χ2n) is 7.07. The molecule has 0 atom stereocenters. The van der Waals surface area contributed by atoms with Crippen molar-refractivity contribution < 1.29 is 12.9 Å². The van der Waals surface area contributed by atoms with E-state index in [0.29, 0.717) is 37.6 Å². The van der Waals surface area contributed by atoms with Crippen LogP contribution in [-0.4, -0.2) is 49.0 Å². The Hall–Kier alpha value is -2.22. The highest BCUT2D eigenvalue weighted by Gasteiger charge is 2.30. The molecule has 1 saturated heterocycles. The minimum atomic E-state index is -3.46. The summed E-state index contributed by atoms with van der Waals surface area (Å²) < 4.78 is 32.9. The highest BCUT2D eigenvalue weighted by molar-refractivity contribution is 7.89. The predicted molar refractivity (Wildman–Crippen MR) is 104 cm³/mol. The molecule has 3 aromatic rings. The molecule has 0 saturated carbocycles. The topological polar surface area (TPSA) is 66.7 Å². The summed E-state index contributed by atoms with van der Waals surface area (Å²) >= 11 is 0. The molecule has 1 aliphatic rings. The van der Waals surface area contributed by atoms with Gasteiger partial charge >= 0.3 is 0 Å². The minimum Gasteiger partial charge on any atom is -0.356 e. The molecule has 4 rings (SSSR count). The molecular weight excluding hydrogens is 362 g/mol. The molecule has 0 radical (unpaired) electrons. The number of hydrogen-bond donors (Lipinski definition) is 0. The number of nitrogens with zero attached hydrogens (tertiary/aromatic N) is 3. The maximum absolute atomic E-state index is 13.0. The van der Waals surface area contributed by atoms with E-state index in [9.17, 15) is 8.42 Å². The number of rotatable bonds is 4. The third-order valence-electron chi connectivity index (χ3n) is 5.11. The summed E-state index contributed by atoms with van der Waals surface area (Å²) in [6.07, 6.45) is 0. The van der Waals surface area contributed by atoms with E-state index in [4.69, 9.17) is 4.52 Å². The van der Waals surface area contributed by atoms with Crippen LogP contribution in [0.5, 0.6) is 0 Å². The second kappa shape index (κ2) is 7.07. The molecule has 0 amide bonds. The quantitative estimate of drug-likeness (QED) is 0.691. The minimum absolute atomic E-state index is 0.407. The predicted octanol–water partition coefficient (Wildman–Crippen LogP) is 2.95. The van der Waals surface area contributed by atoms with Crippen molar-refractivity contribution in [3.8, 4) is 0 Å². The summed E-state index contributed by atoms with van der Waals surface area (Å²) in [5.41, 5.74) is 3.54. The smallest absolute Gasteiger partial charge is 0.243 e. The van der Waals surface area contributed by atoms with Crippen molar-refractivity contribution in [3.63, 3.8) is 0 Å². The second-order valence-corrected chi connectivity index (χ2v) is 8.98. The average Bonchev–Trinajstić information content (AvgIpc) is 3.05. The van der Waals surface area contributed by atoms with Crippen molar-refractivity contribution in [2.75, 3.05) is 26.2 Å². The normalized spacial score (nSPS) is 16.8. The van der Waals surface area contributed by atoms with Crippen LogP contribution in [-0.2, 0) is 16.6 Å². The standard InChI is InChI=1S/C20H23N3O3S/c1-15-7-8-20(16(2)13-15)27(24,25)23-11-9-22(10-12-23)14-18-17-5-3-4-6-19(17)26-21-18/h3-8,13H,9-12,14H2,1-2H3. The van der Waals surface area contributed by atoms with Gasteiger partial charge in [0.1, 0.15) is 5.69 Å². The van der Waals surface area contributed by atoms with Gasteiger partial charge in [0.05, 0.1) is 4.90 Å². The first-order valence-electron chi connectivity index (χ1n) is 9.08. The van der Waals surface area contributed by atoms with Crippen LogP contribution in [0.3, 0.4) is 0 Å². The summed E-state index contributed by atoms with van der Waals surface area (Å²) in [6.45, 7) is 6.78. The number of benzene rings is 2. The third-order valence-corrected chi connectivity index (χ3v) is 7.16. The van der Waals surface area contributed by atoms with Gasteiger partial charge in [0, 0.05) is 38.1 Å². The molecule has 6 nitrogen and oxygen atoms in total. The van der Waals surface area contributed by atoms with Crippen molar-refractivity contribution in [2.45, 2.75) is 25.3 Å². The number of sulfonamides is 1. The molecule has 1 aliphatic heterocycles. The molecule has 7 heteroatoms. The van der Waals surface area contributed by atoms with Gasteiger partial charge in [-0.25, -0.2) is 8.42 Å². The molecule has 0 unspecified atom stereocenters. The Labute approximate surface area is 159 Å². The highest BCUT2D eigenvalue weighted by Crippen LogP contribution is 2.24. The first-order valence-corrected chi connectivity index (χ1v) is 10.5. The molecule has 0 aliphatic carbocycles. The van der Waals surface area contributed by atoms with Crippen molar-refractivity contribution >= 4 is 21.0 Å². The molecular formula is C20H23N3O3S. The SMILES string of the molecule is Cc1ccc(S(=O)(=O)N2CCN(Cc3noc4ccccc34)CC2)c(C)c1. The Balaban J connectivity index is 1.45. The molecule has 27 heavy (non-hydrogen) atoms. The third kappa shape index (κ3) is 3.50. The zero-order chi connectivity index (χ0) is 19.0. The fourth-order valence-electron chi connectivity index (χ4n) is 3.62. The molecule has 2 aromatic carbocycles. The Morgan fingerprint density at radius 2 is 1.78 bits per heavy atom. The summed E-state index contributed by atoms with van der Waals surface area (Å²) in [5, 5.41) is 5.19. The van der Waals surface area contributed by atoms with Crippen LogP contribution in [0.2, 0.25) is 0 Å². The lowest BCUT2D eigenvalue weighted by Gasteiger charge is -2.33. The van der Waals surface area contributed by atoms with E-state index in [1.165, 1.54) is 0 Å². The summed E-state index contributed by atoms with van der Waals surface area (Å²) in [4.78, 5) is 2.63. The molecule has 0 N–H and O–H groups in total. The van der Waals surface area contributed by atoms with Crippen molar-refractivity contribution in [3.05, 3.63) is 59.3 Å². The van der Waals surface area contributed by atoms with E-state index in [-0.39, 0.29) is 0 Å². The number of piperazine rings is 1. The Morgan fingerprint density at radius 3 is 2.52 bits per heavy atom. The van der Waals surface area contributed by atoms with E-state index < -0.39 is 10.0 Å². The molecule has 1 fully saturated rings. The number of aromatic nitrogens is 1. The van der Waals surface area contributed by atoms with Crippen molar-refractivity contribution in [1.29, 1.82) is 0 Å². The Morgan fingerprint density at radius 1 is 1.04 bits per heavy atom. The lowest BCUT2D eigenvalue weighted by molar-refractivity contribution is 0.178. The van der Waals surface area contributed by atoms with Gasteiger partial charge in [-0.3, -0.25) is 4.90 Å². The van der Waals surface area contributed by atoms with E-state index in [0.717, 1.165) is 27.8 Å². The van der Waals surface area contributed by atoms with Crippen LogP contribution in [0.25, 0.3) is 11.0 Å². The maximum atomic E-state index is 13.0. The van der Waals surface area contributed by atoms with Gasteiger partial charge in [0.25, 0.3) is 0 Å². The summed E-state index contributed by atoms with van der Waals surface area (Å²) in [6, 6.07) is 13.3. The lowest BCUT2D eigenvalue weighted by atomic mass is 10.2. The van der Waals surface area contributed by atoms with E-state index >= 15 is 0 Å². The van der Waals surface area contributed by atoms with E-state index in [1.807, 2.05) is 50.2 Å². The number of para-hydroxylation sites is 1. The van der Waals surface area contributed by atoms with Crippen molar-refractivity contribution in [2.24, 2.45) is 0 Å². The van der Waals surface area contributed by atoms with Gasteiger partial charge in [-0.1, -0.05) is 35.0 Å². The van der Waals surface area contributed by atoms with Gasteiger partial charge < -0.3 is 4.52 Å². The van der Waals surface area contributed by atoms with Crippen LogP contribution in [0.15, 0.2) is 51.9 Å². The number of fused-ring (bicyclic) bond motifs is 1. The molecule has 0 spiro atoms. The summed E-state index contributed by atoms with van der Waals surface area (Å²) in [5.74, 6) is 0. The number of aryl methyl sites for hydroxylation is 2. The zero-order valence-corrected chi connectivity index (χ0v) is 16.4. The van der Waals surface area contributed by atoms with Gasteiger partial charge in [-0.05, 0) is 37.6 Å². The molecule has 1 aromatic heterocycles. The monoisotopic (exact) mass is 385 g/mol. The zero-order valence-electron chi connectivity index (χ0n) is 15.6. The van der Waals surface area contributed by atoms with Crippen LogP contribution in [0.1, 0.15) is 16.8 Å².